The molecule has 1 fully saturated rings. The number of nitrogens with zero attached hydrogens (tertiary/aromatic N) is 5. The summed E-state index contributed by atoms with van der Waals surface area (Å²) < 4.78 is 29.2. The molecule has 0 atom stereocenters. The summed E-state index contributed by atoms with van der Waals surface area (Å²) >= 11 is 0. The highest BCUT2D eigenvalue weighted by atomic mass is 19.1. The number of amides is 2. The van der Waals surface area contributed by atoms with Gasteiger partial charge >= 0.3 is 6.03 Å². The van der Waals surface area contributed by atoms with Crippen LogP contribution in [-0.2, 0) is 6.54 Å². The number of aliphatic imine (C=N–C) groups is 1. The molecular formula is C21H30F2N8O. The Kier molecular flexibility index (Phi) is 8.14. The van der Waals surface area contributed by atoms with Gasteiger partial charge in [-0.25, -0.2) is 29.1 Å². The highest BCUT2D eigenvalue weighted by Crippen LogP contribution is 2.31. The van der Waals surface area contributed by atoms with Crippen molar-refractivity contribution in [3.8, 4) is 0 Å². The van der Waals surface area contributed by atoms with Crippen molar-refractivity contribution in [1.29, 1.82) is 0 Å². The summed E-state index contributed by atoms with van der Waals surface area (Å²) in [6.07, 6.45) is 6.94. The van der Waals surface area contributed by atoms with Crippen LogP contribution in [0.2, 0.25) is 0 Å². The van der Waals surface area contributed by atoms with Gasteiger partial charge in [0.15, 0.2) is 17.5 Å². The lowest BCUT2D eigenvalue weighted by atomic mass is 9.90. The lowest BCUT2D eigenvalue weighted by molar-refractivity contribution is 0.198. The molecule has 11 heteroatoms. The Hall–Kier alpha value is -3.47. The fourth-order valence-electron chi connectivity index (χ4n) is 3.51. The Morgan fingerprint density at radius 2 is 2.12 bits per heavy atom. The van der Waals surface area contributed by atoms with Gasteiger partial charge in [-0.3, -0.25) is 10.2 Å². The van der Waals surface area contributed by atoms with Gasteiger partial charge in [0.2, 0.25) is 5.95 Å². The van der Waals surface area contributed by atoms with Gasteiger partial charge in [-0.1, -0.05) is 6.07 Å². The van der Waals surface area contributed by atoms with E-state index < -0.39 is 17.8 Å². The molecule has 0 radical (unpaired) electrons. The second kappa shape index (κ2) is 11.2. The molecule has 1 aliphatic rings. The normalized spacial score (nSPS) is 15.5. The number of likely N-dealkylation sites (tertiary alicyclic amines) is 1. The molecule has 0 unspecified atom stereocenters. The first-order valence-electron chi connectivity index (χ1n) is 10.4. The van der Waals surface area contributed by atoms with Crippen LogP contribution in [0.4, 0.5) is 25.2 Å². The van der Waals surface area contributed by atoms with Crippen LogP contribution >= 0.6 is 0 Å². The van der Waals surface area contributed by atoms with Crippen molar-refractivity contribution in [2.45, 2.75) is 32.2 Å². The molecule has 4 N–H and O–H groups in total. The lowest BCUT2D eigenvalue weighted by Gasteiger charge is -2.32. The fourth-order valence-corrected chi connectivity index (χ4v) is 3.51. The predicted octanol–water partition coefficient (Wildman–Crippen LogP) is 3.34. The van der Waals surface area contributed by atoms with Gasteiger partial charge < -0.3 is 11.1 Å². The number of aromatic nitrogens is 3. The first-order chi connectivity index (χ1) is 15.5. The third-order valence-corrected chi connectivity index (χ3v) is 5.10. The molecule has 3 heterocycles. The number of nitrogens with one attached hydrogen (secondary N) is 2. The maximum absolute atomic E-state index is 14.7. The maximum Gasteiger partial charge on any atom is 0.320 e. The number of piperidine rings is 1. The van der Waals surface area contributed by atoms with Crippen LogP contribution in [0, 0.1) is 11.8 Å². The summed E-state index contributed by atoms with van der Waals surface area (Å²) in [5.41, 5.74) is 5.99. The summed E-state index contributed by atoms with van der Waals surface area (Å²) in [5, 5.41) is 4.91. The van der Waals surface area contributed by atoms with E-state index in [1.54, 1.807) is 19.1 Å². The Balaban J connectivity index is 0.00000289. The Bertz CT molecular complexity index is 1000. The summed E-state index contributed by atoms with van der Waals surface area (Å²) in [6, 6.07) is 2.86. The number of pyridine rings is 1. The van der Waals surface area contributed by atoms with Crippen LogP contribution in [0.3, 0.4) is 0 Å². The molecule has 0 bridgehead atoms. The summed E-state index contributed by atoms with van der Waals surface area (Å²) in [7, 11) is 0. The molecule has 0 saturated carbocycles. The van der Waals surface area contributed by atoms with Crippen molar-refractivity contribution < 1.29 is 16.4 Å². The molecule has 3 rings (SSSR count). The molecular weight excluding hydrogens is 418 g/mol. The molecule has 0 aliphatic carbocycles. The van der Waals surface area contributed by atoms with E-state index in [-0.39, 0.29) is 32.6 Å². The minimum Gasteiger partial charge on any atom is -0.405 e. The minimum absolute atomic E-state index is 0. The average molecular weight is 449 g/mol. The SMILES string of the molecule is CCNC(=O)Nc1ncnc(CN2CCC(c3ccc(N=C/C=C\N)nc3F)CC2)c1F.[HH].[HH]. The molecule has 0 aromatic carbocycles. The van der Waals surface area contributed by atoms with Crippen molar-refractivity contribution in [3.63, 3.8) is 0 Å². The average Bonchev–Trinajstić information content (AvgIpc) is 2.78. The summed E-state index contributed by atoms with van der Waals surface area (Å²) in [4.78, 5) is 29.4. The van der Waals surface area contributed by atoms with Crippen LogP contribution < -0.4 is 16.4 Å². The zero-order chi connectivity index (χ0) is 22.9. The number of nitrogens with two attached hydrogens (primary N) is 1. The number of halogens is 2. The smallest absolute Gasteiger partial charge is 0.320 e. The molecule has 2 aromatic rings. The van der Waals surface area contributed by atoms with E-state index in [1.807, 2.05) is 4.90 Å². The van der Waals surface area contributed by atoms with Crippen LogP contribution in [-0.4, -0.2) is 51.7 Å². The van der Waals surface area contributed by atoms with Crippen LogP contribution in [0.25, 0.3) is 0 Å². The standard InChI is InChI=1S/C21H26F2N8O.2H2/c1-2-25-21(32)30-20-18(22)16(27-13-28-20)12-31-10-6-14(7-11-31)15-4-5-17(29-19(15)23)26-9-3-8-24;;/h3-5,8-9,13-14H,2,6-7,10-12,24H2,1H3,(H2,25,27,28,30,32);2*1H/b8-3-,26-9?;;. The zero-order valence-electron chi connectivity index (χ0n) is 17.8. The number of carbonyl (C=O) groups excluding carboxylic acids is 1. The molecule has 2 amide bonds. The highest BCUT2D eigenvalue weighted by molar-refractivity contribution is 5.88. The lowest BCUT2D eigenvalue weighted by Crippen LogP contribution is -2.33. The minimum atomic E-state index is -0.656. The Morgan fingerprint density at radius 1 is 1.34 bits per heavy atom. The zero-order valence-corrected chi connectivity index (χ0v) is 17.8. The second-order valence-corrected chi connectivity index (χ2v) is 7.23. The second-order valence-electron chi connectivity index (χ2n) is 7.23. The van der Waals surface area contributed by atoms with E-state index in [4.69, 9.17) is 5.73 Å². The molecule has 32 heavy (non-hydrogen) atoms. The Labute approximate surface area is 187 Å². The number of rotatable bonds is 7. The van der Waals surface area contributed by atoms with E-state index in [0.29, 0.717) is 38.0 Å². The van der Waals surface area contributed by atoms with Gasteiger partial charge in [-0.05, 0) is 57.1 Å². The number of hydrogen-bond acceptors (Lipinski definition) is 7. The third-order valence-electron chi connectivity index (χ3n) is 5.10. The number of carbonyl (C=O) groups is 1. The molecule has 1 aliphatic heterocycles. The summed E-state index contributed by atoms with van der Waals surface area (Å²) in [5.74, 6) is -1.05. The van der Waals surface area contributed by atoms with E-state index in [9.17, 15) is 13.6 Å². The number of hydrogen-bond donors (Lipinski definition) is 3. The number of allylic oxidation sites excluding steroid dienone is 1. The fraction of sp³-hybridized carbons (Fsp3) is 0.381. The van der Waals surface area contributed by atoms with Gasteiger partial charge in [0.05, 0.1) is 5.69 Å². The third kappa shape index (κ3) is 6.03. The first-order valence-corrected chi connectivity index (χ1v) is 10.4. The topological polar surface area (TPSA) is 121 Å². The van der Waals surface area contributed by atoms with E-state index in [1.165, 1.54) is 24.8 Å². The van der Waals surface area contributed by atoms with Gasteiger partial charge in [0.25, 0.3) is 0 Å². The number of anilines is 1. The first kappa shape index (κ1) is 23.2. The monoisotopic (exact) mass is 448 g/mol. The van der Waals surface area contributed by atoms with Crippen LogP contribution in [0.15, 0.2) is 35.7 Å². The van der Waals surface area contributed by atoms with Crippen LogP contribution in [0.5, 0.6) is 0 Å². The molecule has 1 saturated heterocycles. The molecule has 0 spiro atoms. The van der Waals surface area contributed by atoms with Gasteiger partial charge in [-0.2, -0.15) is 4.39 Å². The predicted molar refractivity (Wildman–Crippen MR) is 122 cm³/mol. The van der Waals surface area contributed by atoms with Crippen LogP contribution in [0.1, 0.15) is 39.8 Å². The van der Waals surface area contributed by atoms with Crippen molar-refractivity contribution in [3.05, 3.63) is 53.8 Å². The molecule has 9 nitrogen and oxygen atoms in total. The van der Waals surface area contributed by atoms with Crippen molar-refractivity contribution in [1.82, 2.24) is 25.2 Å². The van der Waals surface area contributed by atoms with E-state index >= 15 is 0 Å². The largest absolute Gasteiger partial charge is 0.405 e. The van der Waals surface area contributed by atoms with Gasteiger partial charge in [0.1, 0.15) is 6.33 Å². The van der Waals surface area contributed by atoms with Crippen molar-refractivity contribution in [2.24, 2.45) is 10.7 Å². The van der Waals surface area contributed by atoms with Gasteiger partial charge in [0, 0.05) is 27.7 Å². The number of urea groups is 1. The van der Waals surface area contributed by atoms with Crippen molar-refractivity contribution >= 4 is 23.9 Å². The summed E-state index contributed by atoms with van der Waals surface area (Å²) in [6.45, 7) is 3.74. The van der Waals surface area contributed by atoms with E-state index in [0.717, 1.165) is 0 Å². The van der Waals surface area contributed by atoms with Gasteiger partial charge in [-0.15, -0.1) is 0 Å². The molecule has 174 valence electrons. The van der Waals surface area contributed by atoms with E-state index in [2.05, 4.69) is 30.6 Å². The quantitative estimate of drug-likeness (QED) is 0.441. The maximum atomic E-state index is 14.7. The van der Waals surface area contributed by atoms with Crippen molar-refractivity contribution in [2.75, 3.05) is 25.0 Å². The molecule has 2 aromatic heterocycles. The Morgan fingerprint density at radius 3 is 2.81 bits per heavy atom. The highest BCUT2D eigenvalue weighted by Gasteiger charge is 2.25.